The van der Waals surface area contributed by atoms with Gasteiger partial charge in [0.05, 0.1) is 6.61 Å². The van der Waals surface area contributed by atoms with Crippen molar-refractivity contribution in [1.82, 2.24) is 10.0 Å². The summed E-state index contributed by atoms with van der Waals surface area (Å²) in [6.45, 7) is 3.92. The van der Waals surface area contributed by atoms with E-state index in [-0.39, 0.29) is 16.9 Å². The van der Waals surface area contributed by atoms with E-state index >= 15 is 0 Å². The predicted octanol–water partition coefficient (Wildman–Crippen LogP) is 1.43. The lowest BCUT2D eigenvalue weighted by Gasteiger charge is -2.37. The van der Waals surface area contributed by atoms with E-state index in [0.717, 1.165) is 25.9 Å². The Balaban J connectivity index is 2.16. The van der Waals surface area contributed by atoms with Gasteiger partial charge in [0.2, 0.25) is 10.0 Å². The average molecular weight is 330 g/mol. The third kappa shape index (κ3) is 3.84. The van der Waals surface area contributed by atoms with Crippen LogP contribution in [0.15, 0.2) is 23.1 Å². The van der Waals surface area contributed by atoms with Crippen LogP contribution in [0.3, 0.4) is 0 Å². The number of hydrogen-bond acceptors (Lipinski definition) is 4. The highest BCUT2D eigenvalue weighted by Crippen LogP contribution is 2.29. The Morgan fingerprint density at radius 2 is 2.05 bits per heavy atom. The van der Waals surface area contributed by atoms with E-state index in [1.54, 1.807) is 26.2 Å². The number of methoxy groups -OCH3 is 1. The Labute approximate surface area is 131 Å². The Morgan fingerprint density at radius 1 is 1.36 bits per heavy atom. The number of benzene rings is 1. The van der Waals surface area contributed by atoms with Crippen LogP contribution in [-0.4, -0.2) is 41.8 Å². The van der Waals surface area contributed by atoms with E-state index < -0.39 is 15.8 Å². The summed E-state index contributed by atoms with van der Waals surface area (Å²) in [7, 11) is -2.26. The van der Waals surface area contributed by atoms with Crippen molar-refractivity contribution in [3.8, 4) is 0 Å². The van der Waals surface area contributed by atoms with Crippen molar-refractivity contribution in [2.45, 2.75) is 24.7 Å². The lowest BCUT2D eigenvalue weighted by molar-refractivity contribution is 0.0577. The Morgan fingerprint density at radius 3 is 2.68 bits per heavy atom. The molecule has 0 amide bonds. The summed E-state index contributed by atoms with van der Waals surface area (Å²) < 4.78 is 46.7. The maximum atomic E-state index is 14.1. The zero-order valence-corrected chi connectivity index (χ0v) is 13.8. The van der Waals surface area contributed by atoms with Gasteiger partial charge in [0, 0.05) is 19.1 Å². The maximum absolute atomic E-state index is 14.1. The molecule has 0 radical (unpaired) electrons. The normalized spacial score (nSPS) is 18.3. The van der Waals surface area contributed by atoms with Crippen LogP contribution in [0.2, 0.25) is 0 Å². The molecule has 5 nitrogen and oxygen atoms in total. The molecule has 2 N–H and O–H groups in total. The minimum Gasteiger partial charge on any atom is -0.384 e. The Kier molecular flexibility index (Phi) is 5.55. The van der Waals surface area contributed by atoms with Gasteiger partial charge in [0.15, 0.2) is 0 Å². The highest BCUT2D eigenvalue weighted by molar-refractivity contribution is 7.89. The lowest BCUT2D eigenvalue weighted by Crippen LogP contribution is -2.47. The van der Waals surface area contributed by atoms with Gasteiger partial charge >= 0.3 is 0 Å². The molecule has 7 heteroatoms. The smallest absolute Gasteiger partial charge is 0.243 e. The number of halogens is 1. The molecule has 1 aromatic carbocycles. The van der Waals surface area contributed by atoms with Crippen molar-refractivity contribution in [2.75, 3.05) is 33.4 Å². The molecule has 22 heavy (non-hydrogen) atoms. The summed E-state index contributed by atoms with van der Waals surface area (Å²) in [5.74, 6) is -0.693. The molecule has 1 fully saturated rings. The molecule has 0 aromatic heterocycles. The van der Waals surface area contributed by atoms with E-state index in [1.807, 2.05) is 0 Å². The molecule has 0 spiro atoms. The topological polar surface area (TPSA) is 67.4 Å². The van der Waals surface area contributed by atoms with Crippen molar-refractivity contribution < 1.29 is 17.5 Å². The number of ether oxygens (including phenoxy) is 1. The number of piperidine rings is 1. The SMILES string of the molecule is COCC1(CNS(=O)(=O)c2cccc(C)c2F)CCNCC1. The molecular formula is C15H23FN2O3S. The van der Waals surface area contributed by atoms with Gasteiger partial charge in [0.25, 0.3) is 0 Å². The molecule has 0 aliphatic carbocycles. The quantitative estimate of drug-likeness (QED) is 0.828. The largest absolute Gasteiger partial charge is 0.384 e. The first-order valence-electron chi connectivity index (χ1n) is 7.35. The molecule has 0 saturated carbocycles. The number of nitrogens with one attached hydrogen (secondary N) is 2. The van der Waals surface area contributed by atoms with Gasteiger partial charge in [-0.1, -0.05) is 12.1 Å². The average Bonchev–Trinajstić information content (AvgIpc) is 2.49. The van der Waals surface area contributed by atoms with Crippen LogP contribution in [0.1, 0.15) is 18.4 Å². The fourth-order valence-corrected chi connectivity index (χ4v) is 4.10. The summed E-state index contributed by atoms with van der Waals surface area (Å²) in [6.07, 6.45) is 1.64. The van der Waals surface area contributed by atoms with Crippen LogP contribution >= 0.6 is 0 Å². The minimum atomic E-state index is -3.87. The Hall–Kier alpha value is -1.02. The van der Waals surface area contributed by atoms with Crippen LogP contribution in [0, 0.1) is 18.2 Å². The summed E-state index contributed by atoms with van der Waals surface area (Å²) in [5.41, 5.74) is 0.0734. The number of rotatable bonds is 6. The van der Waals surface area contributed by atoms with E-state index in [0.29, 0.717) is 12.2 Å². The first-order chi connectivity index (χ1) is 10.4. The molecule has 1 aromatic rings. The predicted molar refractivity (Wildman–Crippen MR) is 82.7 cm³/mol. The van der Waals surface area contributed by atoms with Crippen LogP contribution < -0.4 is 10.0 Å². The van der Waals surface area contributed by atoms with Gasteiger partial charge in [-0.25, -0.2) is 17.5 Å². The summed E-state index contributed by atoms with van der Waals surface area (Å²) >= 11 is 0. The van der Waals surface area contributed by atoms with E-state index in [9.17, 15) is 12.8 Å². The fourth-order valence-electron chi connectivity index (χ4n) is 2.79. The second kappa shape index (κ2) is 7.04. The van der Waals surface area contributed by atoms with Crippen LogP contribution in [0.4, 0.5) is 4.39 Å². The van der Waals surface area contributed by atoms with Crippen molar-refractivity contribution in [3.05, 3.63) is 29.6 Å². The van der Waals surface area contributed by atoms with Gasteiger partial charge in [-0.05, 0) is 44.5 Å². The zero-order valence-electron chi connectivity index (χ0n) is 13.0. The van der Waals surface area contributed by atoms with E-state index in [4.69, 9.17) is 4.74 Å². The molecule has 0 atom stereocenters. The van der Waals surface area contributed by atoms with Gasteiger partial charge in [-0.15, -0.1) is 0 Å². The first-order valence-corrected chi connectivity index (χ1v) is 8.83. The minimum absolute atomic E-state index is 0.243. The second-order valence-electron chi connectivity index (χ2n) is 5.89. The molecule has 1 aliphatic heterocycles. The third-order valence-electron chi connectivity index (χ3n) is 4.20. The van der Waals surface area contributed by atoms with Gasteiger partial charge < -0.3 is 10.1 Å². The standard InChI is InChI=1S/C15H23FN2O3S/c1-12-4-3-5-13(14(12)16)22(19,20)18-10-15(11-21-2)6-8-17-9-7-15/h3-5,17-18H,6-11H2,1-2H3. The summed E-state index contributed by atoms with van der Waals surface area (Å²) in [6, 6.07) is 4.38. The fraction of sp³-hybridized carbons (Fsp3) is 0.600. The molecular weight excluding hydrogens is 307 g/mol. The number of aryl methyl sites for hydroxylation is 1. The first kappa shape index (κ1) is 17.3. The monoisotopic (exact) mass is 330 g/mol. The Bertz CT molecular complexity index is 608. The van der Waals surface area contributed by atoms with E-state index in [1.165, 1.54) is 6.07 Å². The molecule has 0 bridgehead atoms. The third-order valence-corrected chi connectivity index (χ3v) is 5.62. The van der Waals surface area contributed by atoms with E-state index in [2.05, 4.69) is 10.0 Å². The van der Waals surface area contributed by atoms with Crippen molar-refractivity contribution in [3.63, 3.8) is 0 Å². The highest BCUT2D eigenvalue weighted by Gasteiger charge is 2.34. The number of sulfonamides is 1. The maximum Gasteiger partial charge on any atom is 0.243 e. The molecule has 0 unspecified atom stereocenters. The van der Waals surface area contributed by atoms with Crippen molar-refractivity contribution in [1.29, 1.82) is 0 Å². The molecule has 1 saturated heterocycles. The summed E-state index contributed by atoms with van der Waals surface area (Å²) in [5, 5.41) is 3.25. The zero-order chi connectivity index (χ0) is 16.2. The van der Waals surface area contributed by atoms with Gasteiger partial charge in [-0.2, -0.15) is 0 Å². The van der Waals surface area contributed by atoms with Crippen molar-refractivity contribution in [2.24, 2.45) is 5.41 Å². The van der Waals surface area contributed by atoms with Crippen LogP contribution in [-0.2, 0) is 14.8 Å². The second-order valence-corrected chi connectivity index (χ2v) is 7.63. The lowest BCUT2D eigenvalue weighted by atomic mass is 9.80. The van der Waals surface area contributed by atoms with Crippen LogP contribution in [0.5, 0.6) is 0 Å². The van der Waals surface area contributed by atoms with Crippen molar-refractivity contribution >= 4 is 10.0 Å². The summed E-state index contributed by atoms with van der Waals surface area (Å²) in [4.78, 5) is -0.297. The number of hydrogen-bond donors (Lipinski definition) is 2. The highest BCUT2D eigenvalue weighted by atomic mass is 32.2. The molecule has 124 valence electrons. The molecule has 1 aliphatic rings. The molecule has 1 heterocycles. The van der Waals surface area contributed by atoms with Crippen LogP contribution in [0.25, 0.3) is 0 Å². The van der Waals surface area contributed by atoms with Gasteiger partial charge in [0.1, 0.15) is 10.7 Å². The van der Waals surface area contributed by atoms with Gasteiger partial charge in [-0.3, -0.25) is 0 Å². The molecule has 2 rings (SSSR count).